The number of amides is 2. The van der Waals surface area contributed by atoms with Crippen molar-refractivity contribution in [3.63, 3.8) is 0 Å². The number of benzene rings is 1. The number of carboxylic acids is 1. The van der Waals surface area contributed by atoms with Gasteiger partial charge in [0.2, 0.25) is 5.91 Å². The molecule has 7 heteroatoms. The zero-order valence-electron chi connectivity index (χ0n) is 14.1. The summed E-state index contributed by atoms with van der Waals surface area (Å²) in [5, 5.41) is 12.7. The Morgan fingerprint density at radius 1 is 1.28 bits per heavy atom. The number of carbonyl (C=O) groups excluding carboxylic acids is 2. The van der Waals surface area contributed by atoms with Gasteiger partial charge in [-0.15, -0.1) is 0 Å². The zero-order valence-corrected chi connectivity index (χ0v) is 14.1. The number of hydrogen-bond acceptors (Lipinski definition) is 3. The molecule has 1 aliphatic rings. The highest BCUT2D eigenvalue weighted by Crippen LogP contribution is 2.19. The number of carbonyl (C=O) groups is 3. The Hall–Kier alpha value is -2.83. The van der Waals surface area contributed by atoms with Gasteiger partial charge in [0.25, 0.3) is 5.91 Å². The molecule has 25 heavy (non-hydrogen) atoms. The molecule has 1 aromatic heterocycles. The molecule has 1 unspecified atom stereocenters. The van der Waals surface area contributed by atoms with Crippen LogP contribution in [0, 0.1) is 0 Å². The van der Waals surface area contributed by atoms with Crippen molar-refractivity contribution in [3.8, 4) is 0 Å². The molecule has 1 fully saturated rings. The van der Waals surface area contributed by atoms with Gasteiger partial charge in [-0.3, -0.25) is 14.4 Å². The summed E-state index contributed by atoms with van der Waals surface area (Å²) in [6.45, 7) is 0.0742. The van der Waals surface area contributed by atoms with Gasteiger partial charge < -0.3 is 19.9 Å². The molecule has 132 valence electrons. The minimum Gasteiger partial charge on any atom is -0.480 e. The Morgan fingerprint density at radius 2 is 2.04 bits per heavy atom. The molecule has 0 saturated carbocycles. The fraction of sp³-hybridized carbons (Fsp3) is 0.389. The van der Waals surface area contributed by atoms with Crippen LogP contribution in [-0.4, -0.2) is 51.5 Å². The number of hydrogen-bond donors (Lipinski definition) is 2. The van der Waals surface area contributed by atoms with Crippen LogP contribution in [0.2, 0.25) is 0 Å². The van der Waals surface area contributed by atoms with Crippen molar-refractivity contribution in [2.24, 2.45) is 7.05 Å². The number of para-hydroxylation sites is 1. The fourth-order valence-electron chi connectivity index (χ4n) is 3.30. The first-order valence-corrected chi connectivity index (χ1v) is 8.33. The van der Waals surface area contributed by atoms with E-state index in [1.54, 1.807) is 10.6 Å². The van der Waals surface area contributed by atoms with Crippen LogP contribution in [0.25, 0.3) is 10.9 Å². The minimum absolute atomic E-state index is 0.325. The summed E-state index contributed by atoms with van der Waals surface area (Å²) in [4.78, 5) is 37.5. The van der Waals surface area contributed by atoms with E-state index in [9.17, 15) is 14.4 Å². The van der Waals surface area contributed by atoms with Gasteiger partial charge in [-0.1, -0.05) is 18.2 Å². The van der Waals surface area contributed by atoms with Gasteiger partial charge in [0.15, 0.2) is 0 Å². The lowest BCUT2D eigenvalue weighted by molar-refractivity contribution is -0.144. The molecular formula is C18H21N3O4. The zero-order chi connectivity index (χ0) is 18.0. The highest BCUT2D eigenvalue weighted by atomic mass is 16.4. The molecule has 2 heterocycles. The van der Waals surface area contributed by atoms with Crippen molar-refractivity contribution in [2.45, 2.75) is 25.3 Å². The van der Waals surface area contributed by atoms with Crippen LogP contribution < -0.4 is 5.32 Å². The maximum Gasteiger partial charge on any atom is 0.323 e. The van der Waals surface area contributed by atoms with Crippen LogP contribution in [-0.2, 0) is 16.6 Å². The second-order valence-corrected chi connectivity index (χ2v) is 6.32. The summed E-state index contributed by atoms with van der Waals surface area (Å²) < 4.78 is 1.79. The number of nitrogens with one attached hydrogen (secondary N) is 1. The molecule has 1 saturated heterocycles. The van der Waals surface area contributed by atoms with E-state index in [4.69, 9.17) is 5.11 Å². The van der Waals surface area contributed by atoms with Gasteiger partial charge >= 0.3 is 5.97 Å². The number of carboxylic acid groups (broad SMARTS) is 1. The van der Waals surface area contributed by atoms with E-state index in [1.807, 2.05) is 31.3 Å². The molecule has 0 bridgehead atoms. The van der Waals surface area contributed by atoms with Gasteiger partial charge in [-0.2, -0.15) is 0 Å². The SMILES string of the molecule is Cn1c(C(=O)NC2CCCCN(CC(=O)O)C2=O)cc2ccccc21. The van der Waals surface area contributed by atoms with E-state index in [2.05, 4.69) is 5.32 Å². The minimum atomic E-state index is -1.05. The first-order chi connectivity index (χ1) is 12.0. The van der Waals surface area contributed by atoms with E-state index >= 15 is 0 Å². The van der Waals surface area contributed by atoms with E-state index in [-0.39, 0.29) is 18.4 Å². The van der Waals surface area contributed by atoms with Crippen molar-refractivity contribution in [1.29, 1.82) is 0 Å². The van der Waals surface area contributed by atoms with Gasteiger partial charge in [0.05, 0.1) is 0 Å². The summed E-state index contributed by atoms with van der Waals surface area (Å²) in [5.74, 6) is -1.70. The Bertz CT molecular complexity index is 827. The number of fused-ring (bicyclic) bond motifs is 1. The molecule has 2 amide bonds. The molecule has 0 aliphatic carbocycles. The Morgan fingerprint density at radius 3 is 2.76 bits per heavy atom. The van der Waals surface area contributed by atoms with E-state index < -0.39 is 12.0 Å². The van der Waals surface area contributed by atoms with Crippen LogP contribution in [0.1, 0.15) is 29.8 Å². The molecule has 1 atom stereocenters. The maximum absolute atomic E-state index is 12.7. The Labute approximate surface area is 145 Å². The summed E-state index contributed by atoms with van der Waals surface area (Å²) in [6, 6.07) is 8.77. The molecule has 2 aromatic rings. The van der Waals surface area contributed by atoms with Gasteiger partial charge in [-0.05, 0) is 31.4 Å². The normalized spacial score (nSPS) is 18.2. The van der Waals surface area contributed by atoms with Crippen LogP contribution in [0.5, 0.6) is 0 Å². The van der Waals surface area contributed by atoms with Crippen molar-refractivity contribution in [2.75, 3.05) is 13.1 Å². The molecule has 3 rings (SSSR count). The number of aryl methyl sites for hydroxylation is 1. The van der Waals surface area contributed by atoms with Crippen LogP contribution in [0.15, 0.2) is 30.3 Å². The van der Waals surface area contributed by atoms with Crippen molar-refractivity contribution in [1.82, 2.24) is 14.8 Å². The molecule has 1 aliphatic heterocycles. The summed E-state index contributed by atoms with van der Waals surface area (Å²) >= 11 is 0. The lowest BCUT2D eigenvalue weighted by Crippen LogP contribution is -2.49. The number of nitrogens with zero attached hydrogens (tertiary/aromatic N) is 2. The molecule has 0 radical (unpaired) electrons. The third-order valence-corrected chi connectivity index (χ3v) is 4.60. The van der Waals surface area contributed by atoms with Crippen LogP contribution >= 0.6 is 0 Å². The highest BCUT2D eigenvalue weighted by Gasteiger charge is 2.30. The quantitative estimate of drug-likeness (QED) is 0.877. The van der Waals surface area contributed by atoms with Crippen molar-refractivity contribution in [3.05, 3.63) is 36.0 Å². The van der Waals surface area contributed by atoms with Crippen molar-refractivity contribution < 1.29 is 19.5 Å². The molecule has 7 nitrogen and oxygen atoms in total. The largest absolute Gasteiger partial charge is 0.480 e. The monoisotopic (exact) mass is 343 g/mol. The lowest BCUT2D eigenvalue weighted by Gasteiger charge is -2.23. The number of rotatable bonds is 4. The second-order valence-electron chi connectivity index (χ2n) is 6.32. The number of aliphatic carboxylic acids is 1. The molecule has 1 aromatic carbocycles. The average Bonchev–Trinajstić information content (AvgIpc) is 2.83. The summed E-state index contributed by atoms with van der Waals surface area (Å²) in [5.41, 5.74) is 1.41. The van der Waals surface area contributed by atoms with Gasteiger partial charge in [0, 0.05) is 24.5 Å². The van der Waals surface area contributed by atoms with Crippen LogP contribution in [0.3, 0.4) is 0 Å². The molecular weight excluding hydrogens is 322 g/mol. The number of likely N-dealkylation sites (tertiary alicyclic amines) is 1. The van der Waals surface area contributed by atoms with Crippen molar-refractivity contribution >= 4 is 28.7 Å². The Kier molecular flexibility index (Phi) is 4.74. The van der Waals surface area contributed by atoms with E-state index in [1.165, 1.54) is 4.90 Å². The average molecular weight is 343 g/mol. The summed E-state index contributed by atoms with van der Waals surface area (Å²) in [6.07, 6.45) is 2.02. The highest BCUT2D eigenvalue weighted by molar-refractivity contribution is 6.01. The first kappa shape index (κ1) is 17.0. The fourth-order valence-corrected chi connectivity index (χ4v) is 3.30. The molecule has 0 spiro atoms. The Balaban J connectivity index is 1.79. The summed E-state index contributed by atoms with van der Waals surface area (Å²) in [7, 11) is 1.81. The lowest BCUT2D eigenvalue weighted by atomic mass is 10.1. The van der Waals surface area contributed by atoms with E-state index in [0.717, 1.165) is 23.7 Å². The third-order valence-electron chi connectivity index (χ3n) is 4.60. The third kappa shape index (κ3) is 3.50. The predicted octanol–water partition coefficient (Wildman–Crippen LogP) is 1.37. The standard InChI is InChI=1S/C18H21N3O4/c1-20-14-8-3-2-6-12(14)10-15(20)17(24)19-13-7-4-5-9-21(18(13)25)11-16(22)23/h2-3,6,8,10,13H,4-5,7,9,11H2,1H3,(H,19,24)(H,22,23). The van der Waals surface area contributed by atoms with Gasteiger partial charge in [0.1, 0.15) is 18.3 Å². The van der Waals surface area contributed by atoms with E-state index in [0.29, 0.717) is 18.7 Å². The predicted molar refractivity (Wildman–Crippen MR) is 92.2 cm³/mol. The second kappa shape index (κ2) is 6.96. The smallest absolute Gasteiger partial charge is 0.323 e. The van der Waals surface area contributed by atoms with Gasteiger partial charge in [-0.25, -0.2) is 0 Å². The molecule has 2 N–H and O–H groups in total. The number of aromatic nitrogens is 1. The maximum atomic E-state index is 12.7. The topological polar surface area (TPSA) is 91.6 Å². The van der Waals surface area contributed by atoms with Crippen LogP contribution in [0.4, 0.5) is 0 Å². The first-order valence-electron chi connectivity index (χ1n) is 8.33.